The normalized spacial score (nSPS) is 10.5. The summed E-state index contributed by atoms with van der Waals surface area (Å²) in [6.45, 7) is 2.48. The molecule has 0 radical (unpaired) electrons. The van der Waals surface area contributed by atoms with Crippen LogP contribution in [-0.4, -0.2) is 26.9 Å². The number of nitrogens with one attached hydrogen (secondary N) is 1. The Bertz CT molecular complexity index is 819. The molecule has 0 amide bonds. The van der Waals surface area contributed by atoms with Crippen molar-refractivity contribution in [2.45, 2.75) is 13.0 Å². The molecule has 0 fully saturated rings. The fourth-order valence-electron chi connectivity index (χ4n) is 2.82. The maximum atomic E-state index is 5.84. The van der Waals surface area contributed by atoms with Crippen LogP contribution in [0, 0.1) is 0 Å². The largest absolute Gasteiger partial charge is 0.493 e. The lowest BCUT2D eigenvalue weighted by atomic mass is 10.2. The van der Waals surface area contributed by atoms with Gasteiger partial charge in [-0.15, -0.1) is 0 Å². The van der Waals surface area contributed by atoms with Crippen LogP contribution in [0.5, 0.6) is 11.5 Å². The van der Waals surface area contributed by atoms with Crippen LogP contribution >= 0.6 is 0 Å². The van der Waals surface area contributed by atoms with E-state index in [-0.39, 0.29) is 0 Å². The first-order valence-electron chi connectivity index (χ1n) is 9.55. The number of hydrogen-bond acceptors (Lipinski definition) is 4. The molecule has 0 heterocycles. The molecular weight excluding hydrogens is 350 g/mol. The molecule has 0 saturated heterocycles. The van der Waals surface area contributed by atoms with Gasteiger partial charge in [-0.25, -0.2) is 0 Å². The molecule has 4 heteroatoms. The van der Waals surface area contributed by atoms with E-state index in [2.05, 4.69) is 35.6 Å². The molecule has 0 aliphatic rings. The highest BCUT2D eigenvalue weighted by Gasteiger charge is 2.03. The highest BCUT2D eigenvalue weighted by Crippen LogP contribution is 2.21. The van der Waals surface area contributed by atoms with Crippen molar-refractivity contribution >= 4 is 5.69 Å². The smallest absolute Gasteiger partial charge is 0.124 e. The fourth-order valence-corrected chi connectivity index (χ4v) is 2.82. The third-order valence-electron chi connectivity index (χ3n) is 4.36. The molecule has 4 nitrogen and oxygen atoms in total. The van der Waals surface area contributed by atoms with Crippen molar-refractivity contribution in [1.29, 1.82) is 0 Å². The Balaban J connectivity index is 1.47. The highest BCUT2D eigenvalue weighted by molar-refractivity contribution is 5.48. The van der Waals surface area contributed by atoms with Crippen molar-refractivity contribution in [2.75, 3.05) is 32.2 Å². The first-order valence-corrected chi connectivity index (χ1v) is 9.55. The molecule has 0 aromatic heterocycles. The minimum absolute atomic E-state index is 0.544. The Morgan fingerprint density at radius 1 is 0.714 bits per heavy atom. The standard InChI is InChI=1S/C24H27NO3/c1-26-17-18-28-24-10-6-5-9-21(24)19-25-22-11-13-23(14-12-22)27-16-15-20-7-3-2-4-8-20/h2-14,25H,15-19H2,1H3. The summed E-state index contributed by atoms with van der Waals surface area (Å²) < 4.78 is 16.7. The van der Waals surface area contributed by atoms with Crippen LogP contribution in [0.25, 0.3) is 0 Å². The van der Waals surface area contributed by atoms with Crippen LogP contribution in [0.4, 0.5) is 5.69 Å². The summed E-state index contributed by atoms with van der Waals surface area (Å²) >= 11 is 0. The van der Waals surface area contributed by atoms with E-state index in [9.17, 15) is 0 Å². The van der Waals surface area contributed by atoms with Crippen molar-refractivity contribution in [1.82, 2.24) is 0 Å². The molecule has 3 aromatic rings. The van der Waals surface area contributed by atoms with E-state index in [0.29, 0.717) is 26.4 Å². The van der Waals surface area contributed by atoms with Crippen LogP contribution in [0.2, 0.25) is 0 Å². The summed E-state index contributed by atoms with van der Waals surface area (Å²) in [4.78, 5) is 0. The zero-order valence-corrected chi connectivity index (χ0v) is 16.3. The molecule has 3 rings (SSSR count). The van der Waals surface area contributed by atoms with Gasteiger partial charge in [0, 0.05) is 31.3 Å². The fraction of sp³-hybridized carbons (Fsp3) is 0.250. The summed E-state index contributed by atoms with van der Waals surface area (Å²) in [5.74, 6) is 1.76. The molecule has 0 unspecified atom stereocenters. The van der Waals surface area contributed by atoms with E-state index >= 15 is 0 Å². The van der Waals surface area contributed by atoms with Crippen LogP contribution in [0.3, 0.4) is 0 Å². The lowest BCUT2D eigenvalue weighted by Crippen LogP contribution is -2.07. The van der Waals surface area contributed by atoms with Crippen LogP contribution in [0.1, 0.15) is 11.1 Å². The molecule has 0 aliphatic carbocycles. The van der Waals surface area contributed by atoms with E-state index in [4.69, 9.17) is 14.2 Å². The molecule has 3 aromatic carbocycles. The number of benzene rings is 3. The second kappa shape index (κ2) is 11.0. The van der Waals surface area contributed by atoms with Gasteiger partial charge in [0.1, 0.15) is 18.1 Å². The molecule has 146 valence electrons. The van der Waals surface area contributed by atoms with Crippen molar-refractivity contribution in [3.05, 3.63) is 90.0 Å². The molecule has 0 aliphatic heterocycles. The third-order valence-corrected chi connectivity index (χ3v) is 4.36. The van der Waals surface area contributed by atoms with Crippen molar-refractivity contribution in [3.8, 4) is 11.5 Å². The van der Waals surface area contributed by atoms with Crippen molar-refractivity contribution in [3.63, 3.8) is 0 Å². The Morgan fingerprint density at radius 2 is 1.46 bits per heavy atom. The number of rotatable bonds is 11. The minimum atomic E-state index is 0.544. The topological polar surface area (TPSA) is 39.7 Å². The van der Waals surface area contributed by atoms with E-state index in [0.717, 1.165) is 29.2 Å². The van der Waals surface area contributed by atoms with Crippen LogP contribution < -0.4 is 14.8 Å². The lowest BCUT2D eigenvalue weighted by Gasteiger charge is -2.13. The quantitative estimate of drug-likeness (QED) is 0.480. The minimum Gasteiger partial charge on any atom is -0.493 e. The molecule has 0 spiro atoms. The second-order valence-electron chi connectivity index (χ2n) is 6.41. The van der Waals surface area contributed by atoms with Gasteiger partial charge in [-0.3, -0.25) is 0 Å². The van der Waals surface area contributed by atoms with E-state index in [1.165, 1.54) is 5.56 Å². The third kappa shape index (κ3) is 6.32. The van der Waals surface area contributed by atoms with E-state index in [1.807, 2.05) is 48.5 Å². The number of hydrogen-bond donors (Lipinski definition) is 1. The van der Waals surface area contributed by atoms with Gasteiger partial charge in [0.15, 0.2) is 0 Å². The van der Waals surface area contributed by atoms with Crippen molar-refractivity contribution < 1.29 is 14.2 Å². The Morgan fingerprint density at radius 3 is 2.25 bits per heavy atom. The van der Waals surface area contributed by atoms with Gasteiger partial charge in [0.25, 0.3) is 0 Å². The molecule has 0 bridgehead atoms. The van der Waals surface area contributed by atoms with Gasteiger partial charge in [0.05, 0.1) is 13.2 Å². The van der Waals surface area contributed by atoms with Crippen LogP contribution in [-0.2, 0) is 17.7 Å². The number of methoxy groups -OCH3 is 1. The second-order valence-corrected chi connectivity index (χ2v) is 6.41. The first kappa shape index (κ1) is 19.8. The Labute approximate surface area is 167 Å². The van der Waals surface area contributed by atoms with Gasteiger partial charge >= 0.3 is 0 Å². The van der Waals surface area contributed by atoms with Crippen LogP contribution in [0.15, 0.2) is 78.9 Å². The number of para-hydroxylation sites is 1. The summed E-state index contributed by atoms with van der Waals surface area (Å²) in [5.41, 5.74) is 3.44. The number of ether oxygens (including phenoxy) is 3. The van der Waals surface area contributed by atoms with Gasteiger partial charge in [-0.05, 0) is 35.9 Å². The summed E-state index contributed by atoms with van der Waals surface area (Å²) in [5, 5.41) is 3.43. The monoisotopic (exact) mass is 377 g/mol. The maximum absolute atomic E-state index is 5.84. The molecular formula is C24H27NO3. The first-order chi connectivity index (χ1) is 13.8. The highest BCUT2D eigenvalue weighted by atomic mass is 16.5. The predicted octanol–water partition coefficient (Wildman–Crippen LogP) is 4.95. The predicted molar refractivity (Wildman–Crippen MR) is 113 cm³/mol. The summed E-state index contributed by atoms with van der Waals surface area (Å²) in [7, 11) is 1.67. The van der Waals surface area contributed by atoms with E-state index < -0.39 is 0 Å². The van der Waals surface area contributed by atoms with Crippen molar-refractivity contribution in [2.24, 2.45) is 0 Å². The van der Waals surface area contributed by atoms with Gasteiger partial charge in [0.2, 0.25) is 0 Å². The van der Waals surface area contributed by atoms with Gasteiger partial charge in [-0.1, -0.05) is 48.5 Å². The Kier molecular flexibility index (Phi) is 7.77. The summed E-state index contributed by atoms with van der Waals surface area (Å²) in [6, 6.07) is 26.5. The van der Waals surface area contributed by atoms with E-state index in [1.54, 1.807) is 7.11 Å². The van der Waals surface area contributed by atoms with Gasteiger partial charge in [-0.2, -0.15) is 0 Å². The average molecular weight is 377 g/mol. The Hall–Kier alpha value is -2.98. The number of anilines is 1. The maximum Gasteiger partial charge on any atom is 0.124 e. The zero-order valence-electron chi connectivity index (χ0n) is 16.3. The molecule has 0 saturated carbocycles. The SMILES string of the molecule is COCCOc1ccccc1CNc1ccc(OCCc2ccccc2)cc1. The van der Waals surface area contributed by atoms with Gasteiger partial charge < -0.3 is 19.5 Å². The average Bonchev–Trinajstić information content (AvgIpc) is 2.75. The molecule has 28 heavy (non-hydrogen) atoms. The summed E-state index contributed by atoms with van der Waals surface area (Å²) in [6.07, 6.45) is 0.903. The zero-order chi connectivity index (χ0) is 19.4. The molecule has 1 N–H and O–H groups in total. The lowest BCUT2D eigenvalue weighted by molar-refractivity contribution is 0.146. The molecule has 0 atom stereocenters.